The molecule has 22 heavy (non-hydrogen) atoms. The molecule has 0 atom stereocenters. The monoisotopic (exact) mass is 321 g/mol. The van der Waals surface area contributed by atoms with Crippen molar-refractivity contribution in [3.8, 4) is 5.75 Å². The van der Waals surface area contributed by atoms with Gasteiger partial charge in [-0.05, 0) is 23.6 Å². The van der Waals surface area contributed by atoms with E-state index in [1.807, 2.05) is 13.8 Å². The fourth-order valence-electron chi connectivity index (χ4n) is 2.02. The molecule has 0 fully saturated rings. The van der Waals surface area contributed by atoms with Gasteiger partial charge in [0.15, 0.2) is 4.90 Å². The molecule has 0 saturated heterocycles. The van der Waals surface area contributed by atoms with Crippen molar-refractivity contribution in [1.82, 2.24) is 0 Å². The highest BCUT2D eigenvalue weighted by molar-refractivity contribution is 7.87. The van der Waals surface area contributed by atoms with Crippen LogP contribution in [0.5, 0.6) is 5.75 Å². The molecule has 0 N–H and O–H groups in total. The average Bonchev–Trinajstić information content (AvgIpc) is 2.47. The summed E-state index contributed by atoms with van der Waals surface area (Å²) < 4.78 is 29.9. The lowest BCUT2D eigenvalue weighted by Crippen LogP contribution is -2.13. The van der Waals surface area contributed by atoms with Crippen LogP contribution in [0, 0.1) is 10.1 Å². The Hall–Kier alpha value is -2.41. The van der Waals surface area contributed by atoms with Crippen molar-refractivity contribution in [2.24, 2.45) is 0 Å². The Labute approximate surface area is 128 Å². The van der Waals surface area contributed by atoms with Gasteiger partial charge in [0.05, 0.1) is 4.92 Å². The minimum Gasteiger partial charge on any atom is -0.378 e. The van der Waals surface area contributed by atoms with Gasteiger partial charge in [0.2, 0.25) is 0 Å². The normalized spacial score (nSPS) is 11.4. The van der Waals surface area contributed by atoms with E-state index in [0.29, 0.717) is 5.56 Å². The van der Waals surface area contributed by atoms with Crippen LogP contribution in [-0.4, -0.2) is 13.3 Å². The lowest BCUT2D eigenvalue weighted by atomic mass is 10.0. The van der Waals surface area contributed by atoms with Gasteiger partial charge in [0.1, 0.15) is 5.75 Å². The number of para-hydroxylation sites is 2. The molecule has 7 heteroatoms. The molecule has 0 aromatic heterocycles. The first kappa shape index (κ1) is 16.0. The lowest BCUT2D eigenvalue weighted by molar-refractivity contribution is -0.387. The van der Waals surface area contributed by atoms with Gasteiger partial charge >= 0.3 is 10.1 Å². The number of benzene rings is 2. The zero-order valence-corrected chi connectivity index (χ0v) is 12.9. The number of nitrogens with zero attached hydrogens (tertiary/aromatic N) is 1. The maximum absolute atomic E-state index is 12.4. The maximum atomic E-state index is 12.4. The molecular weight excluding hydrogens is 306 g/mol. The summed E-state index contributed by atoms with van der Waals surface area (Å²) in [5.74, 6) is 0.229. The second-order valence-electron chi connectivity index (χ2n) is 4.95. The molecule has 0 spiro atoms. The molecule has 0 saturated carbocycles. The van der Waals surface area contributed by atoms with Gasteiger partial charge in [-0.2, -0.15) is 8.42 Å². The quantitative estimate of drug-likeness (QED) is 0.478. The second kappa shape index (κ2) is 6.15. The van der Waals surface area contributed by atoms with E-state index in [4.69, 9.17) is 4.18 Å². The number of hydrogen-bond acceptors (Lipinski definition) is 5. The maximum Gasteiger partial charge on any atom is 0.346 e. The molecule has 0 aliphatic rings. The van der Waals surface area contributed by atoms with Crippen molar-refractivity contribution in [3.63, 3.8) is 0 Å². The zero-order valence-electron chi connectivity index (χ0n) is 12.1. The fraction of sp³-hybridized carbons (Fsp3) is 0.200. The summed E-state index contributed by atoms with van der Waals surface area (Å²) in [6.07, 6.45) is 0. The number of hydrogen-bond donors (Lipinski definition) is 0. The van der Waals surface area contributed by atoms with Crippen LogP contribution in [-0.2, 0) is 10.1 Å². The molecule has 116 valence electrons. The highest BCUT2D eigenvalue weighted by Crippen LogP contribution is 2.31. The molecule has 0 heterocycles. The predicted octanol–water partition coefficient (Wildman–Crippen LogP) is 3.49. The van der Waals surface area contributed by atoms with Crippen LogP contribution < -0.4 is 4.18 Å². The molecule has 0 unspecified atom stereocenters. The highest BCUT2D eigenvalue weighted by Gasteiger charge is 2.28. The number of nitro benzene ring substituents is 1. The van der Waals surface area contributed by atoms with Crippen molar-refractivity contribution in [3.05, 3.63) is 64.2 Å². The minimum atomic E-state index is -4.29. The second-order valence-corrected chi connectivity index (χ2v) is 6.47. The van der Waals surface area contributed by atoms with Crippen molar-refractivity contribution in [2.45, 2.75) is 24.7 Å². The van der Waals surface area contributed by atoms with Gasteiger partial charge in [-0.15, -0.1) is 0 Å². The molecule has 0 bridgehead atoms. The van der Waals surface area contributed by atoms with E-state index in [9.17, 15) is 18.5 Å². The average molecular weight is 321 g/mol. The molecule has 0 amide bonds. The molecule has 0 aliphatic heterocycles. The van der Waals surface area contributed by atoms with Crippen LogP contribution in [0.25, 0.3) is 0 Å². The Kier molecular flexibility index (Phi) is 4.46. The van der Waals surface area contributed by atoms with E-state index < -0.39 is 25.6 Å². The highest BCUT2D eigenvalue weighted by atomic mass is 32.2. The standard InChI is InChI=1S/C15H15NO5S/c1-11(2)12-7-3-5-9-14(12)21-22(19,20)15-10-6-4-8-13(15)16(17)18/h3-11H,1-2H3. The van der Waals surface area contributed by atoms with Crippen LogP contribution >= 0.6 is 0 Å². The summed E-state index contributed by atoms with van der Waals surface area (Å²) >= 11 is 0. The van der Waals surface area contributed by atoms with Gasteiger partial charge in [0, 0.05) is 6.07 Å². The molecule has 0 aliphatic carbocycles. The van der Waals surface area contributed by atoms with Gasteiger partial charge in [-0.25, -0.2) is 0 Å². The van der Waals surface area contributed by atoms with E-state index in [2.05, 4.69) is 0 Å². The number of rotatable bonds is 5. The van der Waals surface area contributed by atoms with Crippen molar-refractivity contribution >= 4 is 15.8 Å². The Bertz CT molecular complexity index is 799. The largest absolute Gasteiger partial charge is 0.378 e. The molecule has 6 nitrogen and oxygen atoms in total. The Morgan fingerprint density at radius 1 is 1.05 bits per heavy atom. The van der Waals surface area contributed by atoms with E-state index in [1.165, 1.54) is 18.2 Å². The molecule has 2 aromatic rings. The smallest absolute Gasteiger partial charge is 0.346 e. The SMILES string of the molecule is CC(C)c1ccccc1OS(=O)(=O)c1ccccc1[N+](=O)[O-]. The van der Waals surface area contributed by atoms with Crippen LogP contribution in [0.15, 0.2) is 53.4 Å². The van der Waals surface area contributed by atoms with E-state index in [-0.39, 0.29) is 11.7 Å². The summed E-state index contributed by atoms with van der Waals surface area (Å²) in [6, 6.07) is 11.8. The van der Waals surface area contributed by atoms with Gasteiger partial charge in [-0.3, -0.25) is 10.1 Å². The van der Waals surface area contributed by atoms with Crippen LogP contribution in [0.2, 0.25) is 0 Å². The summed E-state index contributed by atoms with van der Waals surface area (Å²) in [7, 11) is -4.29. The minimum absolute atomic E-state index is 0.0529. The van der Waals surface area contributed by atoms with Gasteiger partial charge < -0.3 is 4.18 Å². The summed E-state index contributed by atoms with van der Waals surface area (Å²) in [5.41, 5.74) is 0.203. The van der Waals surface area contributed by atoms with E-state index in [0.717, 1.165) is 12.1 Å². The first-order chi connectivity index (χ1) is 10.3. The Morgan fingerprint density at radius 2 is 1.64 bits per heavy atom. The topological polar surface area (TPSA) is 86.5 Å². The molecule has 2 aromatic carbocycles. The summed E-state index contributed by atoms with van der Waals surface area (Å²) in [6.45, 7) is 3.81. The first-order valence-electron chi connectivity index (χ1n) is 6.60. The van der Waals surface area contributed by atoms with Crippen LogP contribution in [0.1, 0.15) is 25.3 Å². The number of nitro groups is 1. The van der Waals surface area contributed by atoms with E-state index >= 15 is 0 Å². The molecule has 2 rings (SSSR count). The fourth-order valence-corrected chi connectivity index (χ4v) is 3.14. The summed E-state index contributed by atoms with van der Waals surface area (Å²) in [4.78, 5) is 9.78. The van der Waals surface area contributed by atoms with Crippen molar-refractivity contribution in [1.29, 1.82) is 0 Å². The predicted molar refractivity (Wildman–Crippen MR) is 81.4 cm³/mol. The third-order valence-corrected chi connectivity index (χ3v) is 4.35. The van der Waals surface area contributed by atoms with Gasteiger partial charge in [-0.1, -0.05) is 44.2 Å². The van der Waals surface area contributed by atoms with Crippen molar-refractivity contribution in [2.75, 3.05) is 0 Å². The van der Waals surface area contributed by atoms with E-state index in [1.54, 1.807) is 18.2 Å². The summed E-state index contributed by atoms with van der Waals surface area (Å²) in [5, 5.41) is 11.0. The third kappa shape index (κ3) is 3.25. The lowest BCUT2D eigenvalue weighted by Gasteiger charge is -2.13. The van der Waals surface area contributed by atoms with Crippen molar-refractivity contribution < 1.29 is 17.5 Å². The van der Waals surface area contributed by atoms with Crippen LogP contribution in [0.3, 0.4) is 0 Å². The first-order valence-corrected chi connectivity index (χ1v) is 8.00. The van der Waals surface area contributed by atoms with Crippen LogP contribution in [0.4, 0.5) is 5.69 Å². The zero-order chi connectivity index (χ0) is 16.3. The Morgan fingerprint density at radius 3 is 2.27 bits per heavy atom. The molecule has 0 radical (unpaired) electrons. The third-order valence-electron chi connectivity index (χ3n) is 3.07. The molecular formula is C15H15NO5S. The Balaban J connectivity index is 2.48. The van der Waals surface area contributed by atoms with Gasteiger partial charge in [0.25, 0.3) is 5.69 Å².